The number of hydrogen-bond donors (Lipinski definition) is 3. The first-order valence-electron chi connectivity index (χ1n) is 5.70. The van der Waals surface area contributed by atoms with Gasteiger partial charge in [-0.05, 0) is 31.5 Å². The second kappa shape index (κ2) is 5.56. The van der Waals surface area contributed by atoms with Crippen LogP contribution >= 0.6 is 0 Å². The summed E-state index contributed by atoms with van der Waals surface area (Å²) < 4.78 is 0. The van der Waals surface area contributed by atoms with E-state index in [0.29, 0.717) is 12.0 Å². The van der Waals surface area contributed by atoms with E-state index in [1.54, 1.807) is 0 Å². The number of aromatic hydroxyl groups is 2. The van der Waals surface area contributed by atoms with Crippen molar-refractivity contribution in [1.82, 2.24) is 5.32 Å². The van der Waals surface area contributed by atoms with Crippen LogP contribution in [0.4, 0.5) is 0 Å². The molecule has 0 bridgehead atoms. The molecule has 0 saturated heterocycles. The molecule has 1 rings (SSSR count). The third kappa shape index (κ3) is 3.25. The predicted octanol–water partition coefficient (Wildman–Crippen LogP) is 1.67. The molecule has 0 amide bonds. The highest BCUT2D eigenvalue weighted by Gasteiger charge is 2.19. The Bertz CT molecular complexity index is 490. The van der Waals surface area contributed by atoms with Crippen LogP contribution in [0.1, 0.15) is 30.6 Å². The lowest BCUT2D eigenvalue weighted by Gasteiger charge is -2.22. The Labute approximate surface area is 107 Å². The molecule has 0 aliphatic carbocycles. The molecule has 0 heterocycles. The number of benzene rings is 1. The molecule has 4 heteroatoms. The van der Waals surface area contributed by atoms with Crippen molar-refractivity contribution >= 4 is 5.78 Å². The quantitative estimate of drug-likeness (QED) is 0.420. The zero-order chi connectivity index (χ0) is 13.8. The first kappa shape index (κ1) is 14.1. The van der Waals surface area contributed by atoms with Gasteiger partial charge in [0.25, 0.3) is 0 Å². The first-order chi connectivity index (χ1) is 8.41. The van der Waals surface area contributed by atoms with Gasteiger partial charge >= 0.3 is 0 Å². The van der Waals surface area contributed by atoms with Crippen LogP contribution in [0.15, 0.2) is 18.2 Å². The molecule has 0 aromatic heterocycles. The van der Waals surface area contributed by atoms with Crippen molar-refractivity contribution in [2.45, 2.75) is 25.8 Å². The molecule has 0 spiro atoms. The molecule has 1 aromatic rings. The summed E-state index contributed by atoms with van der Waals surface area (Å²) in [6.45, 7) is 3.86. The molecule has 0 aliphatic rings. The summed E-state index contributed by atoms with van der Waals surface area (Å²) in [5.74, 6) is 1.85. The molecular weight excluding hydrogens is 230 g/mol. The van der Waals surface area contributed by atoms with Crippen molar-refractivity contribution in [3.8, 4) is 23.8 Å². The number of nitrogens with one attached hydrogen (secondary N) is 1. The number of rotatable bonds is 5. The Kier molecular flexibility index (Phi) is 4.35. The van der Waals surface area contributed by atoms with E-state index in [0.717, 1.165) is 0 Å². The minimum Gasteiger partial charge on any atom is -0.504 e. The van der Waals surface area contributed by atoms with E-state index < -0.39 is 5.54 Å². The lowest BCUT2D eigenvalue weighted by Crippen LogP contribution is -2.43. The van der Waals surface area contributed by atoms with Crippen molar-refractivity contribution < 1.29 is 15.0 Å². The van der Waals surface area contributed by atoms with E-state index in [4.69, 9.17) is 11.5 Å². The number of phenolic OH excluding ortho intramolecular Hbond substituents is 2. The molecule has 3 N–H and O–H groups in total. The molecule has 4 nitrogen and oxygen atoms in total. The molecular formula is C14H17NO3. The zero-order valence-electron chi connectivity index (χ0n) is 10.5. The van der Waals surface area contributed by atoms with Crippen molar-refractivity contribution in [3.63, 3.8) is 0 Å². The predicted molar refractivity (Wildman–Crippen MR) is 69.6 cm³/mol. The second-order valence-electron chi connectivity index (χ2n) is 4.31. The molecule has 0 radical (unpaired) electrons. The lowest BCUT2D eigenvalue weighted by atomic mass is 9.99. The van der Waals surface area contributed by atoms with Gasteiger partial charge in [0.2, 0.25) is 0 Å². The highest BCUT2D eigenvalue weighted by atomic mass is 16.3. The molecule has 1 atom stereocenters. The van der Waals surface area contributed by atoms with Gasteiger partial charge in [-0.3, -0.25) is 10.1 Å². The Hall–Kier alpha value is -1.99. The number of Topliss-reactive ketones (excluding diaryl/α,β-unsaturated/α-hetero) is 1. The second-order valence-corrected chi connectivity index (χ2v) is 4.31. The Morgan fingerprint density at radius 3 is 2.61 bits per heavy atom. The highest BCUT2D eigenvalue weighted by molar-refractivity contribution is 5.98. The van der Waals surface area contributed by atoms with Gasteiger partial charge in [-0.25, -0.2) is 0 Å². The molecule has 0 fully saturated rings. The third-order valence-electron chi connectivity index (χ3n) is 2.96. The number of ketones is 1. The highest BCUT2D eigenvalue weighted by Crippen LogP contribution is 2.24. The van der Waals surface area contributed by atoms with E-state index in [1.807, 2.05) is 13.8 Å². The summed E-state index contributed by atoms with van der Waals surface area (Å²) in [7, 11) is 0. The summed E-state index contributed by atoms with van der Waals surface area (Å²) in [4.78, 5) is 11.9. The Balaban J connectivity index is 2.72. The molecule has 0 aliphatic heterocycles. The maximum atomic E-state index is 11.9. The van der Waals surface area contributed by atoms with Crippen LogP contribution in [0.25, 0.3) is 0 Å². The molecule has 18 heavy (non-hydrogen) atoms. The molecule has 1 unspecified atom stereocenters. The zero-order valence-corrected chi connectivity index (χ0v) is 10.5. The normalized spacial score (nSPS) is 13.6. The third-order valence-corrected chi connectivity index (χ3v) is 2.96. The average Bonchev–Trinajstić information content (AvgIpc) is 2.38. The smallest absolute Gasteiger partial charge is 0.176 e. The fourth-order valence-corrected chi connectivity index (χ4v) is 1.35. The van der Waals surface area contributed by atoms with Crippen LogP contribution in [0.5, 0.6) is 11.5 Å². The van der Waals surface area contributed by atoms with Crippen molar-refractivity contribution in [3.05, 3.63) is 23.8 Å². The molecule has 96 valence electrons. The average molecular weight is 247 g/mol. The van der Waals surface area contributed by atoms with Crippen LogP contribution in [0, 0.1) is 12.3 Å². The first-order valence-corrected chi connectivity index (χ1v) is 5.70. The summed E-state index contributed by atoms with van der Waals surface area (Å²) in [6.07, 6.45) is 6.10. The largest absolute Gasteiger partial charge is 0.504 e. The number of terminal acetylenes is 1. The van der Waals surface area contributed by atoms with Crippen molar-refractivity contribution in [2.24, 2.45) is 0 Å². The monoisotopic (exact) mass is 247 g/mol. The van der Waals surface area contributed by atoms with E-state index in [-0.39, 0.29) is 23.8 Å². The van der Waals surface area contributed by atoms with Gasteiger partial charge in [-0.1, -0.05) is 12.8 Å². The minimum atomic E-state index is -0.519. The van der Waals surface area contributed by atoms with Gasteiger partial charge in [0, 0.05) is 5.56 Å². The number of carbonyl (C=O) groups is 1. The van der Waals surface area contributed by atoms with Crippen LogP contribution in [-0.4, -0.2) is 28.1 Å². The number of carbonyl (C=O) groups excluding carboxylic acids is 1. The van der Waals surface area contributed by atoms with E-state index >= 15 is 0 Å². The molecule has 1 aromatic carbocycles. The van der Waals surface area contributed by atoms with E-state index in [2.05, 4.69) is 11.2 Å². The minimum absolute atomic E-state index is 0.0821. The number of hydrogen-bond acceptors (Lipinski definition) is 4. The fraction of sp³-hybridized carbons (Fsp3) is 0.357. The Morgan fingerprint density at radius 1 is 1.44 bits per heavy atom. The summed E-state index contributed by atoms with van der Waals surface area (Å²) in [6, 6.07) is 3.97. The van der Waals surface area contributed by atoms with Crippen LogP contribution in [0.2, 0.25) is 0 Å². The van der Waals surface area contributed by atoms with Gasteiger partial charge in [-0.15, -0.1) is 6.42 Å². The maximum absolute atomic E-state index is 11.9. The molecule has 0 saturated carbocycles. The van der Waals surface area contributed by atoms with Crippen LogP contribution in [-0.2, 0) is 0 Å². The van der Waals surface area contributed by atoms with Gasteiger partial charge < -0.3 is 10.2 Å². The lowest BCUT2D eigenvalue weighted by molar-refractivity contribution is 0.0983. The maximum Gasteiger partial charge on any atom is 0.176 e. The SMILES string of the molecule is C#CC(C)(CC)NCC(=O)c1ccc(O)c(O)c1. The van der Waals surface area contributed by atoms with Gasteiger partial charge in [0.1, 0.15) is 0 Å². The van der Waals surface area contributed by atoms with E-state index in [9.17, 15) is 9.90 Å². The van der Waals surface area contributed by atoms with E-state index in [1.165, 1.54) is 18.2 Å². The standard InChI is InChI=1S/C14H17NO3/c1-4-14(3,5-2)15-9-13(18)10-6-7-11(16)12(17)8-10/h1,6-8,15-17H,5,9H2,2-3H3. The topological polar surface area (TPSA) is 69.6 Å². The van der Waals surface area contributed by atoms with Crippen molar-refractivity contribution in [1.29, 1.82) is 0 Å². The Morgan fingerprint density at radius 2 is 2.11 bits per heavy atom. The fourth-order valence-electron chi connectivity index (χ4n) is 1.35. The summed E-state index contributed by atoms with van der Waals surface area (Å²) >= 11 is 0. The summed E-state index contributed by atoms with van der Waals surface area (Å²) in [5, 5.41) is 21.5. The summed E-state index contributed by atoms with van der Waals surface area (Å²) in [5.41, 5.74) is -0.192. The van der Waals surface area contributed by atoms with Gasteiger partial charge in [0.05, 0.1) is 12.1 Å². The van der Waals surface area contributed by atoms with Crippen molar-refractivity contribution in [2.75, 3.05) is 6.54 Å². The van der Waals surface area contributed by atoms with Crippen LogP contribution in [0.3, 0.4) is 0 Å². The number of phenols is 2. The van der Waals surface area contributed by atoms with Crippen LogP contribution < -0.4 is 5.32 Å². The van der Waals surface area contributed by atoms with Gasteiger partial charge in [-0.2, -0.15) is 0 Å². The van der Waals surface area contributed by atoms with Gasteiger partial charge in [0.15, 0.2) is 17.3 Å².